The minimum Gasteiger partial charge on any atom is -0.508 e. The monoisotopic (exact) mass is 1870 g/mol. The molecule has 4 aliphatic heterocycles. The number of nitrogens with one attached hydrogen (secondary N) is 1. The number of anilines is 11. The molecule has 21 rings (SSSR count). The molecule has 0 atom stereocenters. The molecule has 4 aliphatic rings. The summed E-state index contributed by atoms with van der Waals surface area (Å²) in [6.45, 7) is 18.0. The Morgan fingerprint density at radius 3 is 1.02 bits per heavy atom. The lowest BCUT2D eigenvalue weighted by molar-refractivity contribution is -0.121. The first-order valence-corrected chi connectivity index (χ1v) is 44.7. The van der Waals surface area contributed by atoms with Crippen molar-refractivity contribution in [2.24, 2.45) is 11.1 Å². The molecule has 0 radical (unpaired) electrons. The van der Waals surface area contributed by atoms with Crippen LogP contribution in [0, 0.1) is 5.41 Å². The van der Waals surface area contributed by atoms with Crippen LogP contribution in [0.4, 0.5) is 64.0 Å². The number of aromatic hydroxyl groups is 4. The van der Waals surface area contributed by atoms with E-state index >= 15 is 0 Å². The highest BCUT2D eigenvalue weighted by atomic mass is 16.4. The van der Waals surface area contributed by atoms with Gasteiger partial charge in [0.2, 0.25) is 29.7 Å². The fraction of sp³-hybridized carbons (Fsp3) is 0.240. The summed E-state index contributed by atoms with van der Waals surface area (Å²) in [6.07, 6.45) is 6.90. The van der Waals surface area contributed by atoms with Crippen LogP contribution in [-0.2, 0) is 11.3 Å². The zero-order valence-corrected chi connectivity index (χ0v) is 76.0. The summed E-state index contributed by atoms with van der Waals surface area (Å²) in [5.41, 5.74) is 36.6. The van der Waals surface area contributed by atoms with Gasteiger partial charge in [-0.2, -0.15) is 44.6 Å². The van der Waals surface area contributed by atoms with E-state index in [1.807, 2.05) is 90.6 Å². The number of amides is 2. The highest BCUT2D eigenvalue weighted by Gasteiger charge is 2.31. The maximum Gasteiger partial charge on any atom is 0.338 e. The van der Waals surface area contributed by atoms with Crippen LogP contribution >= 0.6 is 0 Å². The standard InChI is InChI=1S/C29H31N9O4.C23H24N8O2.C22H22N8O2.C22H21N7O3/c1-29(2,3)15-20(40)16-37-17-30-24-25(37)31-28(36-13-11-35(12-14-36)18-7-9-19(39)10-8-18)32-26(24)38-22-6-4-5-21(27(41)42)23(22)33-34-38;1-25-22(33)15-2-4-17(5-3-15)31-14-26-19-20(24)27-23(28-21(19)31)30-12-10-29(11-13-30)16-6-8-18(32)9-7-16;23-19-18-21(30(13-25-18)16-3-1-14(2-4-16)20(24)32)27-22(26-19)29-11-9-28(10-12-29)15-5-7-17(31)8-6-15;23-19-18-20(29(13-24-18)16-3-1-14(2-4-16)21(31)32)26-22(25-19)28-11-9-27(10-12-28)15-5-7-17(30)8-6-15/h4-10,17,39H,11-16H2,1-3H3,(H,41,42);2-9,14,32H,10-13H2,1H3,(H,25,33)(H2,24,27,28);1-8,13,31H,9-12H2,(H2,24,32)(H2,23,26,27);1-8,13,30H,9-12H2,(H,31,32)(H2,23,25,26). The second kappa shape index (κ2) is 38.8. The van der Waals surface area contributed by atoms with Crippen molar-refractivity contribution in [3.63, 3.8) is 0 Å². The molecule has 0 bridgehead atoms. The number of Topliss-reactive ketones (excluding diaryl/α,β-unsaturated/α-hetero) is 1. The molecule has 15 N–H and O–H groups in total. The average molecular weight is 1880 g/mol. The van der Waals surface area contributed by atoms with Crippen molar-refractivity contribution in [2.75, 3.05) is 168 Å². The van der Waals surface area contributed by atoms with Crippen LogP contribution in [0.15, 0.2) is 213 Å². The first-order chi connectivity index (χ1) is 67.1. The van der Waals surface area contributed by atoms with Gasteiger partial charge in [0.05, 0.1) is 29.5 Å². The maximum absolute atomic E-state index is 12.9. The Balaban J connectivity index is 0.000000124. The van der Waals surface area contributed by atoms with Gasteiger partial charge in [0.25, 0.3) is 5.91 Å². The number of carbonyl (C=O) groups excluding carboxylic acids is 3. The number of carboxylic acids is 2. The van der Waals surface area contributed by atoms with Crippen LogP contribution in [0.5, 0.6) is 23.0 Å². The van der Waals surface area contributed by atoms with Gasteiger partial charge in [-0.05, 0) is 187 Å². The number of piperazine rings is 4. The summed E-state index contributed by atoms with van der Waals surface area (Å²) < 4.78 is 8.64. The van der Waals surface area contributed by atoms with Gasteiger partial charge in [-0.3, -0.25) is 28.1 Å². The van der Waals surface area contributed by atoms with Crippen molar-refractivity contribution >= 4 is 149 Å². The number of fused-ring (bicyclic) bond motifs is 5. The number of benzene rings is 8. The third-order valence-electron chi connectivity index (χ3n) is 24.2. The number of phenolic OH excluding ortho intramolecular Hbond substituents is 4. The van der Waals surface area contributed by atoms with Gasteiger partial charge >= 0.3 is 11.9 Å². The number of primary amides is 1. The number of nitrogens with two attached hydrogens (primary N) is 4. The molecule has 4 saturated heterocycles. The van der Waals surface area contributed by atoms with Gasteiger partial charge in [0, 0.05) is 169 Å². The highest BCUT2D eigenvalue weighted by molar-refractivity contribution is 6.02. The Bertz CT molecular complexity index is 7180. The Morgan fingerprint density at radius 1 is 0.360 bits per heavy atom. The second-order valence-corrected chi connectivity index (χ2v) is 34.6. The first kappa shape index (κ1) is 91.4. The third-order valence-corrected chi connectivity index (χ3v) is 24.2. The number of ketones is 1. The molecule has 8 aromatic carbocycles. The third kappa shape index (κ3) is 19.8. The minimum absolute atomic E-state index is 0.0351. The molecule has 2 amide bonds. The zero-order chi connectivity index (χ0) is 97.0. The van der Waals surface area contributed by atoms with E-state index < -0.39 is 17.8 Å². The number of hydrogen-bond donors (Lipinski definition) is 11. The molecule has 139 heavy (non-hydrogen) atoms. The van der Waals surface area contributed by atoms with E-state index in [9.17, 15) is 49.5 Å². The number of phenols is 4. The molecule has 13 heterocycles. The van der Waals surface area contributed by atoms with E-state index in [0.29, 0.717) is 154 Å². The van der Waals surface area contributed by atoms with Gasteiger partial charge < -0.3 is 103 Å². The van der Waals surface area contributed by atoms with Crippen LogP contribution in [0.3, 0.4) is 0 Å². The Labute approximate surface area is 792 Å². The van der Waals surface area contributed by atoms with Gasteiger partial charge in [-0.15, -0.1) is 5.10 Å². The lowest BCUT2D eigenvalue weighted by atomic mass is 9.90. The molecular formula is C96H98N32O11. The van der Waals surface area contributed by atoms with Gasteiger partial charge in [0.15, 0.2) is 73.7 Å². The maximum atomic E-state index is 12.9. The van der Waals surface area contributed by atoms with E-state index in [0.717, 1.165) is 105 Å². The number of carbonyl (C=O) groups is 5. The predicted molar refractivity (Wildman–Crippen MR) is 526 cm³/mol. The predicted octanol–water partition coefficient (Wildman–Crippen LogP) is 8.74. The number of carboxylic acid groups (broad SMARTS) is 2. The topological polar surface area (TPSA) is 554 Å². The van der Waals surface area contributed by atoms with Crippen LogP contribution in [0.25, 0.3) is 78.6 Å². The smallest absolute Gasteiger partial charge is 0.338 e. The van der Waals surface area contributed by atoms with Gasteiger partial charge in [-0.1, -0.05) is 32.1 Å². The highest BCUT2D eigenvalue weighted by Crippen LogP contribution is 2.35. The molecule has 0 aliphatic carbocycles. The fourth-order valence-electron chi connectivity index (χ4n) is 16.9. The van der Waals surface area contributed by atoms with Crippen molar-refractivity contribution < 1.29 is 54.6 Å². The summed E-state index contributed by atoms with van der Waals surface area (Å²) in [6, 6.07) is 54.2. The summed E-state index contributed by atoms with van der Waals surface area (Å²) in [5, 5.41) is 68.0. The van der Waals surface area contributed by atoms with E-state index in [1.54, 1.807) is 151 Å². The second-order valence-electron chi connectivity index (χ2n) is 34.6. The van der Waals surface area contributed by atoms with Crippen molar-refractivity contribution in [1.82, 2.24) is 98.4 Å². The molecule has 4 fully saturated rings. The largest absolute Gasteiger partial charge is 0.508 e. The summed E-state index contributed by atoms with van der Waals surface area (Å²) >= 11 is 0. The van der Waals surface area contributed by atoms with Gasteiger partial charge in [0.1, 0.15) is 47.5 Å². The Hall–Kier alpha value is -18.1. The molecule has 0 spiro atoms. The number of hydrogen-bond acceptors (Lipinski definition) is 34. The molecule has 43 heteroatoms. The van der Waals surface area contributed by atoms with Crippen LogP contribution < -0.4 is 67.5 Å². The average Bonchev–Trinajstić information content (AvgIpc) is 1.59. The van der Waals surface area contributed by atoms with E-state index in [-0.39, 0.29) is 63.3 Å². The van der Waals surface area contributed by atoms with Gasteiger partial charge in [-0.25, -0.2) is 29.5 Å². The van der Waals surface area contributed by atoms with Crippen molar-refractivity contribution in [2.45, 2.75) is 33.7 Å². The number of imidazole rings is 4. The molecule has 708 valence electrons. The quantitative estimate of drug-likeness (QED) is 0.0360. The number of nitrogens with zero attached hydrogens (tertiary/aromatic N) is 27. The van der Waals surface area contributed by atoms with Crippen LogP contribution in [0.2, 0.25) is 0 Å². The molecule has 43 nitrogen and oxygen atoms in total. The van der Waals surface area contributed by atoms with E-state index in [4.69, 9.17) is 53.0 Å². The summed E-state index contributed by atoms with van der Waals surface area (Å²) in [7, 11) is 1.60. The molecule has 0 saturated carbocycles. The van der Waals surface area contributed by atoms with E-state index in [1.165, 1.54) is 22.9 Å². The number of nitrogen functional groups attached to an aromatic ring is 3. The molecule has 9 aromatic heterocycles. The van der Waals surface area contributed by atoms with Crippen LogP contribution in [0.1, 0.15) is 68.6 Å². The fourth-order valence-corrected chi connectivity index (χ4v) is 16.9. The van der Waals surface area contributed by atoms with Crippen molar-refractivity contribution in [3.05, 3.63) is 236 Å². The number of aromatic carboxylic acids is 2. The van der Waals surface area contributed by atoms with Crippen molar-refractivity contribution in [3.8, 4) is 45.9 Å². The van der Waals surface area contributed by atoms with E-state index in [2.05, 4.69) is 89.7 Å². The normalized spacial score (nSPS) is 14.1. The lowest BCUT2D eigenvalue weighted by Crippen LogP contribution is -2.47. The van der Waals surface area contributed by atoms with Crippen molar-refractivity contribution in [1.29, 1.82) is 0 Å². The Morgan fingerprint density at radius 2 is 0.683 bits per heavy atom. The molecule has 0 unspecified atom stereocenters. The molecule has 17 aromatic rings. The number of rotatable bonds is 19. The Kier molecular flexibility index (Phi) is 25.5. The molecular weight excluding hydrogens is 1780 g/mol. The summed E-state index contributed by atoms with van der Waals surface area (Å²) in [5.74, 6) is 1.74. The summed E-state index contributed by atoms with van der Waals surface area (Å²) in [4.78, 5) is 132. The zero-order valence-electron chi connectivity index (χ0n) is 76.0. The first-order valence-electron chi connectivity index (χ1n) is 44.7. The SMILES string of the molecule is CC(C)(C)CC(=O)Cn1cnc2c(-n3nnc4c(C(=O)O)cccc43)nc(N3CCN(c4ccc(O)cc4)CC3)nc21.CNC(=O)c1ccc(-n2cnc3c(N)nc(N4CCN(c5ccc(O)cc5)CC4)nc32)cc1.NC(=O)c1ccc(-n2cnc3c(N)nc(N4CCN(c5ccc(O)cc5)CC4)nc32)cc1.Nc1nc(N2CCN(c3ccc(O)cc3)CC2)nc2c1ncn2-c1ccc(C(=O)O)cc1. The van der Waals surface area contributed by atoms with Crippen LogP contribution in [-0.4, -0.2) is 265 Å². The minimum atomic E-state index is -1.10. The number of aromatic nitrogens is 19. The lowest BCUT2D eigenvalue weighted by Gasteiger charge is -2.36.